The third kappa shape index (κ3) is 21.3. The Bertz CT molecular complexity index is 620. The van der Waals surface area contributed by atoms with Gasteiger partial charge in [0.05, 0.1) is 13.1 Å². The van der Waals surface area contributed by atoms with Gasteiger partial charge in [0.1, 0.15) is 0 Å². The van der Waals surface area contributed by atoms with Gasteiger partial charge in [0.25, 0.3) is 11.9 Å². The molecule has 2 aromatic rings. The van der Waals surface area contributed by atoms with Crippen LogP contribution in [0.1, 0.15) is 25.0 Å². The van der Waals surface area contributed by atoms with Crippen molar-refractivity contribution in [1.82, 2.24) is 0 Å². The fourth-order valence-electron chi connectivity index (χ4n) is 1.53. The standard InChI is InChI=1S/C16H16N2.2C2H4O2.Pd/c1-3-7-15(8-4-1)13-17-11-12-18-14-16-9-5-2-6-10-16;2*1-2(3)4;/h1-10,13-14H,11-12H2;2*1H3,(H,3,4);. The van der Waals surface area contributed by atoms with Crippen LogP contribution in [0.15, 0.2) is 70.6 Å². The molecule has 148 valence electrons. The van der Waals surface area contributed by atoms with Crippen molar-refractivity contribution in [3.05, 3.63) is 71.8 Å². The van der Waals surface area contributed by atoms with Crippen molar-refractivity contribution in [2.45, 2.75) is 13.8 Å². The van der Waals surface area contributed by atoms with E-state index < -0.39 is 11.9 Å². The molecule has 0 bridgehead atoms. The third-order valence-corrected chi connectivity index (χ3v) is 2.44. The minimum Gasteiger partial charge on any atom is -0.481 e. The van der Waals surface area contributed by atoms with Crippen LogP contribution < -0.4 is 0 Å². The monoisotopic (exact) mass is 462 g/mol. The maximum absolute atomic E-state index is 9.00. The molecule has 2 rings (SSSR count). The van der Waals surface area contributed by atoms with E-state index in [1.54, 1.807) is 0 Å². The van der Waals surface area contributed by atoms with Gasteiger partial charge in [0.15, 0.2) is 0 Å². The Kier molecular flexibility index (Phi) is 17.9. The van der Waals surface area contributed by atoms with Crippen molar-refractivity contribution in [2.75, 3.05) is 13.1 Å². The van der Waals surface area contributed by atoms with Crippen LogP contribution in [0, 0.1) is 0 Å². The zero-order chi connectivity index (χ0) is 19.6. The van der Waals surface area contributed by atoms with Gasteiger partial charge < -0.3 is 10.2 Å². The number of hydrogen-bond acceptors (Lipinski definition) is 4. The molecule has 0 aliphatic rings. The van der Waals surface area contributed by atoms with Gasteiger partial charge in [0, 0.05) is 46.7 Å². The van der Waals surface area contributed by atoms with Crippen LogP contribution >= 0.6 is 0 Å². The predicted molar refractivity (Wildman–Crippen MR) is 104 cm³/mol. The Morgan fingerprint density at radius 1 is 0.741 bits per heavy atom. The Labute approximate surface area is 173 Å². The normalized spacial score (nSPS) is 9.41. The number of nitrogens with zero attached hydrogens (tertiary/aromatic N) is 2. The number of benzene rings is 2. The fourth-order valence-corrected chi connectivity index (χ4v) is 1.53. The molecule has 0 aliphatic heterocycles. The summed E-state index contributed by atoms with van der Waals surface area (Å²) in [7, 11) is 0. The van der Waals surface area contributed by atoms with E-state index in [9.17, 15) is 0 Å². The maximum Gasteiger partial charge on any atom is 0.300 e. The van der Waals surface area contributed by atoms with Gasteiger partial charge in [-0.15, -0.1) is 0 Å². The first-order valence-corrected chi connectivity index (χ1v) is 7.90. The number of carboxylic acid groups (broad SMARTS) is 2. The van der Waals surface area contributed by atoms with Crippen LogP contribution in [0.25, 0.3) is 0 Å². The summed E-state index contributed by atoms with van der Waals surface area (Å²) in [6.07, 6.45) is 3.77. The average molecular weight is 463 g/mol. The van der Waals surface area contributed by atoms with Gasteiger partial charge in [-0.05, 0) is 11.1 Å². The fraction of sp³-hybridized carbons (Fsp3) is 0.200. The molecule has 7 heteroatoms. The molecular weight excluding hydrogens is 439 g/mol. The topological polar surface area (TPSA) is 99.3 Å². The van der Waals surface area contributed by atoms with E-state index in [1.165, 1.54) is 0 Å². The number of hydrogen-bond donors (Lipinski definition) is 2. The molecule has 0 spiro atoms. The summed E-state index contributed by atoms with van der Waals surface area (Å²) >= 11 is 0. The zero-order valence-corrected chi connectivity index (χ0v) is 16.8. The third-order valence-electron chi connectivity index (χ3n) is 2.44. The van der Waals surface area contributed by atoms with E-state index in [-0.39, 0.29) is 20.4 Å². The van der Waals surface area contributed by atoms with Crippen molar-refractivity contribution in [1.29, 1.82) is 0 Å². The smallest absolute Gasteiger partial charge is 0.300 e. The minimum atomic E-state index is -0.833. The maximum atomic E-state index is 9.00. The average Bonchev–Trinajstić information content (AvgIpc) is 2.59. The Morgan fingerprint density at radius 2 is 1.00 bits per heavy atom. The quantitative estimate of drug-likeness (QED) is 0.404. The van der Waals surface area contributed by atoms with Crippen molar-refractivity contribution in [3.8, 4) is 0 Å². The second-order valence-corrected chi connectivity index (χ2v) is 4.93. The van der Waals surface area contributed by atoms with E-state index in [0.29, 0.717) is 0 Å². The summed E-state index contributed by atoms with van der Waals surface area (Å²) in [5.41, 5.74) is 2.26. The molecule has 0 radical (unpaired) electrons. The summed E-state index contributed by atoms with van der Waals surface area (Å²) in [5, 5.41) is 14.8. The second kappa shape index (κ2) is 18.2. The molecule has 0 atom stereocenters. The zero-order valence-electron chi connectivity index (χ0n) is 15.3. The van der Waals surface area contributed by atoms with Crippen LogP contribution in [-0.2, 0) is 30.0 Å². The number of aliphatic imine (C=N–C) groups is 2. The van der Waals surface area contributed by atoms with Gasteiger partial charge in [0.2, 0.25) is 0 Å². The minimum absolute atomic E-state index is 0. The van der Waals surface area contributed by atoms with Crippen molar-refractivity contribution in [2.24, 2.45) is 9.98 Å². The van der Waals surface area contributed by atoms with Crippen LogP contribution in [0.5, 0.6) is 0 Å². The summed E-state index contributed by atoms with van der Waals surface area (Å²) in [5.74, 6) is -1.67. The van der Waals surface area contributed by atoms with Crippen molar-refractivity contribution in [3.63, 3.8) is 0 Å². The van der Waals surface area contributed by atoms with Crippen LogP contribution in [0.2, 0.25) is 0 Å². The molecular formula is C20H24N2O4Pd. The molecule has 0 aromatic heterocycles. The molecule has 27 heavy (non-hydrogen) atoms. The molecule has 0 unspecified atom stereocenters. The SMILES string of the molecule is C(=NCCN=Cc1ccccc1)c1ccccc1.CC(=O)O.CC(=O)O.[Pd]. The Morgan fingerprint density at radius 3 is 1.26 bits per heavy atom. The van der Waals surface area contributed by atoms with Crippen molar-refractivity contribution >= 4 is 24.4 Å². The van der Waals surface area contributed by atoms with Crippen molar-refractivity contribution < 1.29 is 40.2 Å². The van der Waals surface area contributed by atoms with Crippen LogP contribution in [0.4, 0.5) is 0 Å². The molecule has 0 heterocycles. The molecule has 2 N–H and O–H groups in total. The molecule has 0 amide bonds. The van der Waals surface area contributed by atoms with E-state index in [2.05, 4.69) is 9.98 Å². The summed E-state index contributed by atoms with van der Waals surface area (Å²) in [6, 6.07) is 20.2. The largest absolute Gasteiger partial charge is 0.481 e. The Hall–Kier alpha value is -2.62. The number of carbonyl (C=O) groups is 2. The molecule has 0 saturated heterocycles. The summed E-state index contributed by atoms with van der Waals surface area (Å²) in [6.45, 7) is 3.61. The Balaban J connectivity index is 0. The first kappa shape index (κ1) is 26.6. The predicted octanol–water partition coefficient (Wildman–Crippen LogP) is 3.40. The van der Waals surface area contributed by atoms with Crippen LogP contribution in [0.3, 0.4) is 0 Å². The summed E-state index contributed by atoms with van der Waals surface area (Å²) in [4.78, 5) is 26.7. The van der Waals surface area contributed by atoms with Gasteiger partial charge in [-0.3, -0.25) is 19.6 Å². The van der Waals surface area contributed by atoms with Crippen LogP contribution in [-0.4, -0.2) is 47.7 Å². The summed E-state index contributed by atoms with van der Waals surface area (Å²) < 4.78 is 0. The van der Waals surface area contributed by atoms with E-state index in [1.807, 2.05) is 73.1 Å². The first-order valence-electron chi connectivity index (χ1n) is 7.90. The number of aliphatic carboxylic acids is 2. The van der Waals surface area contributed by atoms with E-state index >= 15 is 0 Å². The van der Waals surface area contributed by atoms with Gasteiger partial charge >= 0.3 is 0 Å². The van der Waals surface area contributed by atoms with Gasteiger partial charge in [-0.1, -0.05) is 60.7 Å². The molecule has 0 fully saturated rings. The number of carboxylic acids is 2. The van der Waals surface area contributed by atoms with Gasteiger partial charge in [-0.25, -0.2) is 0 Å². The van der Waals surface area contributed by atoms with Gasteiger partial charge in [-0.2, -0.15) is 0 Å². The molecule has 0 aliphatic carbocycles. The second-order valence-electron chi connectivity index (χ2n) is 4.93. The number of rotatable bonds is 5. The van der Waals surface area contributed by atoms with E-state index in [4.69, 9.17) is 19.8 Å². The molecule has 0 saturated carbocycles. The first-order chi connectivity index (χ1) is 12.4. The van der Waals surface area contributed by atoms with E-state index in [0.717, 1.165) is 38.1 Å². The molecule has 6 nitrogen and oxygen atoms in total. The molecule has 2 aromatic carbocycles.